The molecule has 0 aromatic carbocycles. The van der Waals surface area contributed by atoms with Crippen molar-refractivity contribution < 1.29 is 23.1 Å². The molecule has 1 aliphatic rings. The Morgan fingerprint density at radius 3 is 2.50 bits per heavy atom. The predicted molar refractivity (Wildman–Crippen MR) is 65.1 cm³/mol. The molecule has 0 saturated carbocycles. The lowest BCUT2D eigenvalue weighted by atomic mass is 10.2. The fourth-order valence-electron chi connectivity index (χ4n) is 1.84. The maximum atomic E-state index is 11.8. The summed E-state index contributed by atoms with van der Waals surface area (Å²) in [5, 5.41) is 11.2. The van der Waals surface area contributed by atoms with E-state index in [2.05, 4.69) is 5.32 Å². The minimum atomic E-state index is -3.06. The van der Waals surface area contributed by atoms with Crippen molar-refractivity contribution in [3.63, 3.8) is 0 Å². The monoisotopic (exact) mass is 278 g/mol. The number of carboxylic acids is 1. The normalized spacial score (nSPS) is 23.3. The second-order valence-electron chi connectivity index (χ2n) is 4.42. The van der Waals surface area contributed by atoms with Crippen molar-refractivity contribution in [3.8, 4) is 0 Å². The molecule has 0 spiro atoms. The van der Waals surface area contributed by atoms with Crippen molar-refractivity contribution >= 4 is 21.8 Å². The quantitative estimate of drug-likeness (QED) is 0.733. The van der Waals surface area contributed by atoms with E-state index < -0.39 is 27.9 Å². The third kappa shape index (κ3) is 3.59. The van der Waals surface area contributed by atoms with E-state index in [9.17, 15) is 18.0 Å². The number of rotatable bonds is 4. The van der Waals surface area contributed by atoms with E-state index in [1.54, 1.807) is 6.92 Å². The summed E-state index contributed by atoms with van der Waals surface area (Å²) in [6.45, 7) is 1.65. The van der Waals surface area contributed by atoms with Gasteiger partial charge in [-0.1, -0.05) is 6.92 Å². The minimum absolute atomic E-state index is 0.0548. The van der Waals surface area contributed by atoms with Gasteiger partial charge in [0.25, 0.3) is 0 Å². The zero-order chi connectivity index (χ0) is 13.9. The highest BCUT2D eigenvalue weighted by atomic mass is 32.2. The van der Waals surface area contributed by atoms with Crippen molar-refractivity contribution in [2.75, 3.05) is 18.6 Å². The molecule has 0 radical (unpaired) electrons. The highest BCUT2D eigenvalue weighted by molar-refractivity contribution is 7.91. The van der Waals surface area contributed by atoms with Gasteiger partial charge in [0.05, 0.1) is 11.5 Å². The Morgan fingerprint density at radius 1 is 1.50 bits per heavy atom. The Balaban J connectivity index is 2.59. The van der Waals surface area contributed by atoms with Crippen LogP contribution >= 0.6 is 0 Å². The molecule has 1 fully saturated rings. The molecule has 1 saturated heterocycles. The number of carbonyl (C=O) groups is 2. The highest BCUT2D eigenvalue weighted by Crippen LogP contribution is 2.16. The maximum Gasteiger partial charge on any atom is 0.326 e. The van der Waals surface area contributed by atoms with Gasteiger partial charge in [-0.3, -0.25) is 0 Å². The Bertz CT molecular complexity index is 434. The van der Waals surface area contributed by atoms with Crippen LogP contribution in [0.25, 0.3) is 0 Å². The molecule has 0 aliphatic carbocycles. The van der Waals surface area contributed by atoms with Gasteiger partial charge in [0.2, 0.25) is 0 Å². The van der Waals surface area contributed by atoms with Crippen molar-refractivity contribution in [2.45, 2.75) is 31.8 Å². The minimum Gasteiger partial charge on any atom is -0.480 e. The average molecular weight is 278 g/mol. The number of carboxylic acid groups (broad SMARTS) is 1. The molecule has 2 atom stereocenters. The summed E-state index contributed by atoms with van der Waals surface area (Å²) in [5.74, 6) is -1.08. The van der Waals surface area contributed by atoms with Gasteiger partial charge < -0.3 is 15.3 Å². The SMILES string of the molecule is CC[C@H](NC(=O)N(C)C1CCS(=O)(=O)C1)C(=O)O. The number of nitrogens with zero attached hydrogens (tertiary/aromatic N) is 1. The second-order valence-corrected chi connectivity index (χ2v) is 6.65. The van der Waals surface area contributed by atoms with Gasteiger partial charge in [0.1, 0.15) is 6.04 Å². The molecular weight excluding hydrogens is 260 g/mol. The predicted octanol–water partition coefficient (Wildman–Crippen LogP) is -0.322. The molecule has 0 bridgehead atoms. The Hall–Kier alpha value is -1.31. The van der Waals surface area contributed by atoms with Crippen LogP contribution in [0.2, 0.25) is 0 Å². The molecule has 2 amide bonds. The van der Waals surface area contributed by atoms with Crippen LogP contribution in [0.5, 0.6) is 0 Å². The summed E-state index contributed by atoms with van der Waals surface area (Å²) < 4.78 is 22.6. The summed E-state index contributed by atoms with van der Waals surface area (Å²) in [5.41, 5.74) is 0. The van der Waals surface area contributed by atoms with Gasteiger partial charge in [-0.05, 0) is 12.8 Å². The topological polar surface area (TPSA) is 104 Å². The smallest absolute Gasteiger partial charge is 0.326 e. The van der Waals surface area contributed by atoms with Gasteiger partial charge in [0, 0.05) is 13.1 Å². The van der Waals surface area contributed by atoms with Crippen LogP contribution < -0.4 is 5.32 Å². The highest BCUT2D eigenvalue weighted by Gasteiger charge is 2.33. The first-order valence-corrected chi connectivity index (χ1v) is 7.55. The lowest BCUT2D eigenvalue weighted by Crippen LogP contribution is -2.49. The zero-order valence-electron chi connectivity index (χ0n) is 10.4. The first kappa shape index (κ1) is 14.7. The number of hydrogen-bond acceptors (Lipinski definition) is 4. The molecule has 2 N–H and O–H groups in total. The standard InChI is InChI=1S/C10H18N2O5S/c1-3-8(9(13)14)11-10(15)12(2)7-4-5-18(16,17)6-7/h7-8H,3-6H2,1-2H3,(H,11,15)(H,13,14)/t7?,8-/m0/s1. The van der Waals surface area contributed by atoms with E-state index in [0.29, 0.717) is 6.42 Å². The molecule has 104 valence electrons. The number of amides is 2. The van der Waals surface area contributed by atoms with Crippen molar-refractivity contribution in [1.82, 2.24) is 10.2 Å². The maximum absolute atomic E-state index is 11.8. The van der Waals surface area contributed by atoms with Crippen LogP contribution in [0.4, 0.5) is 4.79 Å². The lowest BCUT2D eigenvalue weighted by molar-refractivity contribution is -0.139. The summed E-state index contributed by atoms with van der Waals surface area (Å²) in [6, 6.07) is -1.87. The zero-order valence-corrected chi connectivity index (χ0v) is 11.2. The number of hydrogen-bond donors (Lipinski definition) is 2. The van der Waals surface area contributed by atoms with Crippen LogP contribution in [0.3, 0.4) is 0 Å². The van der Waals surface area contributed by atoms with Crippen molar-refractivity contribution in [2.24, 2.45) is 0 Å². The van der Waals surface area contributed by atoms with E-state index in [-0.39, 0.29) is 24.0 Å². The molecule has 8 heteroatoms. The first-order valence-electron chi connectivity index (χ1n) is 5.73. The Morgan fingerprint density at radius 2 is 2.11 bits per heavy atom. The lowest BCUT2D eigenvalue weighted by Gasteiger charge is -2.25. The van der Waals surface area contributed by atoms with Gasteiger partial charge in [0.15, 0.2) is 9.84 Å². The molecule has 0 aromatic heterocycles. The molecule has 18 heavy (non-hydrogen) atoms. The summed E-state index contributed by atoms with van der Waals surface area (Å²) >= 11 is 0. The van der Waals surface area contributed by atoms with Crippen LogP contribution in [0.1, 0.15) is 19.8 Å². The number of aliphatic carboxylic acids is 1. The largest absolute Gasteiger partial charge is 0.480 e. The van der Waals surface area contributed by atoms with Crippen LogP contribution in [0, 0.1) is 0 Å². The fraction of sp³-hybridized carbons (Fsp3) is 0.800. The third-order valence-electron chi connectivity index (χ3n) is 3.08. The molecule has 0 aromatic rings. The number of urea groups is 1. The van der Waals surface area contributed by atoms with Gasteiger partial charge in [-0.2, -0.15) is 0 Å². The average Bonchev–Trinajstić information content (AvgIpc) is 2.64. The molecular formula is C10H18N2O5S. The third-order valence-corrected chi connectivity index (χ3v) is 4.83. The summed E-state index contributed by atoms with van der Waals surface area (Å²) in [6.07, 6.45) is 0.675. The Labute approximate surface area is 106 Å². The van der Waals surface area contributed by atoms with E-state index >= 15 is 0 Å². The molecule has 1 aliphatic heterocycles. The molecule has 1 unspecified atom stereocenters. The van der Waals surface area contributed by atoms with Crippen molar-refractivity contribution in [1.29, 1.82) is 0 Å². The molecule has 7 nitrogen and oxygen atoms in total. The van der Waals surface area contributed by atoms with Gasteiger partial charge in [-0.15, -0.1) is 0 Å². The van der Waals surface area contributed by atoms with E-state index in [4.69, 9.17) is 5.11 Å². The van der Waals surface area contributed by atoms with E-state index in [1.165, 1.54) is 11.9 Å². The second kappa shape index (κ2) is 5.55. The number of carbonyl (C=O) groups excluding carboxylic acids is 1. The van der Waals surface area contributed by atoms with Crippen LogP contribution in [0.15, 0.2) is 0 Å². The van der Waals surface area contributed by atoms with Crippen LogP contribution in [-0.4, -0.2) is 61.1 Å². The molecule has 1 heterocycles. The first-order chi connectivity index (χ1) is 8.26. The van der Waals surface area contributed by atoms with Crippen LogP contribution in [-0.2, 0) is 14.6 Å². The van der Waals surface area contributed by atoms with Gasteiger partial charge in [-0.25, -0.2) is 18.0 Å². The number of nitrogens with one attached hydrogen (secondary N) is 1. The van der Waals surface area contributed by atoms with Crippen molar-refractivity contribution in [3.05, 3.63) is 0 Å². The molecule has 1 rings (SSSR count). The van der Waals surface area contributed by atoms with E-state index in [0.717, 1.165) is 0 Å². The van der Waals surface area contributed by atoms with E-state index in [1.807, 2.05) is 0 Å². The summed E-state index contributed by atoms with van der Waals surface area (Å²) in [4.78, 5) is 23.8. The number of sulfone groups is 1. The summed E-state index contributed by atoms with van der Waals surface area (Å²) in [7, 11) is -1.58. The Kier molecular flexibility index (Phi) is 4.55. The fourth-order valence-corrected chi connectivity index (χ4v) is 3.61. The van der Waals surface area contributed by atoms with Gasteiger partial charge >= 0.3 is 12.0 Å².